The van der Waals surface area contributed by atoms with Gasteiger partial charge in [0.2, 0.25) is 0 Å². The quantitative estimate of drug-likeness (QED) is 0.859. The van der Waals surface area contributed by atoms with E-state index < -0.39 is 0 Å². The monoisotopic (exact) mass is 262 g/mol. The lowest BCUT2D eigenvalue weighted by molar-refractivity contribution is 0.0218. The topological polar surface area (TPSA) is 64.2 Å². The van der Waals surface area contributed by atoms with E-state index in [2.05, 4.69) is 9.97 Å². The van der Waals surface area contributed by atoms with Gasteiger partial charge in [0.1, 0.15) is 11.3 Å². The molecule has 2 rings (SSSR count). The Hall–Kier alpha value is -1.88. The fourth-order valence-electron chi connectivity index (χ4n) is 1.92. The number of methoxy groups -OCH3 is 2. The Bertz CT molecular complexity index is 602. The van der Waals surface area contributed by atoms with Crippen molar-refractivity contribution in [3.63, 3.8) is 0 Å². The second kappa shape index (κ2) is 5.01. The molecule has 0 spiro atoms. The van der Waals surface area contributed by atoms with Crippen LogP contribution in [0.4, 0.5) is 0 Å². The number of carbonyl (C=O) groups is 1. The van der Waals surface area contributed by atoms with Crippen LogP contribution in [0.5, 0.6) is 0 Å². The van der Waals surface area contributed by atoms with Gasteiger partial charge in [0.25, 0.3) is 0 Å². The molecule has 0 fully saturated rings. The second-order valence-electron chi connectivity index (χ2n) is 5.02. The summed E-state index contributed by atoms with van der Waals surface area (Å²) < 4.78 is 10.1. The van der Waals surface area contributed by atoms with Crippen molar-refractivity contribution in [3.05, 3.63) is 29.6 Å². The summed E-state index contributed by atoms with van der Waals surface area (Å²) in [6.07, 6.45) is 0.638. The molecule has 1 aromatic carbocycles. The standard InChI is InChI=1S/C14H18N2O3/c1-14(2,19-4)8-11-15-10-7-5-6-9(12(10)16-11)13(17)18-3/h5-7H,8H2,1-4H3,(H,15,16). The molecular formula is C14H18N2O3. The van der Waals surface area contributed by atoms with Crippen molar-refractivity contribution >= 4 is 17.0 Å². The average Bonchev–Trinajstić information content (AvgIpc) is 2.78. The van der Waals surface area contributed by atoms with Gasteiger partial charge in [-0.3, -0.25) is 0 Å². The summed E-state index contributed by atoms with van der Waals surface area (Å²) in [5, 5.41) is 0. The van der Waals surface area contributed by atoms with Crippen molar-refractivity contribution < 1.29 is 14.3 Å². The Morgan fingerprint density at radius 1 is 1.37 bits per heavy atom. The third kappa shape index (κ3) is 2.76. The van der Waals surface area contributed by atoms with Crippen LogP contribution < -0.4 is 0 Å². The lowest BCUT2D eigenvalue weighted by atomic mass is 10.1. The number of fused-ring (bicyclic) bond motifs is 1. The van der Waals surface area contributed by atoms with Gasteiger partial charge in [-0.2, -0.15) is 0 Å². The summed E-state index contributed by atoms with van der Waals surface area (Å²) in [6, 6.07) is 5.40. The minimum Gasteiger partial charge on any atom is -0.465 e. The van der Waals surface area contributed by atoms with E-state index in [1.54, 1.807) is 19.2 Å². The molecule has 0 aliphatic rings. The van der Waals surface area contributed by atoms with Gasteiger partial charge in [-0.1, -0.05) is 6.07 Å². The summed E-state index contributed by atoms with van der Waals surface area (Å²) in [4.78, 5) is 19.4. The van der Waals surface area contributed by atoms with Crippen LogP contribution in [0.1, 0.15) is 30.0 Å². The number of hydrogen-bond acceptors (Lipinski definition) is 4. The van der Waals surface area contributed by atoms with Crippen LogP contribution in [0.2, 0.25) is 0 Å². The van der Waals surface area contributed by atoms with Crippen molar-refractivity contribution in [3.8, 4) is 0 Å². The molecule has 19 heavy (non-hydrogen) atoms. The molecule has 1 heterocycles. The van der Waals surface area contributed by atoms with Crippen LogP contribution in [0.15, 0.2) is 18.2 Å². The highest BCUT2D eigenvalue weighted by Crippen LogP contribution is 2.20. The second-order valence-corrected chi connectivity index (χ2v) is 5.02. The number of H-pyrrole nitrogens is 1. The molecule has 0 amide bonds. The van der Waals surface area contributed by atoms with Gasteiger partial charge in [-0.05, 0) is 26.0 Å². The molecule has 0 atom stereocenters. The molecule has 5 nitrogen and oxygen atoms in total. The molecule has 0 aliphatic carbocycles. The highest BCUT2D eigenvalue weighted by atomic mass is 16.5. The number of aromatic amines is 1. The number of aromatic nitrogens is 2. The number of nitrogens with zero attached hydrogens (tertiary/aromatic N) is 1. The van der Waals surface area contributed by atoms with E-state index in [0.29, 0.717) is 17.5 Å². The van der Waals surface area contributed by atoms with Gasteiger partial charge in [-0.25, -0.2) is 9.78 Å². The fourth-order valence-corrected chi connectivity index (χ4v) is 1.92. The number of benzene rings is 1. The number of nitrogens with one attached hydrogen (secondary N) is 1. The van der Waals surface area contributed by atoms with Crippen molar-refractivity contribution in [2.45, 2.75) is 25.9 Å². The smallest absolute Gasteiger partial charge is 0.340 e. The van der Waals surface area contributed by atoms with Crippen molar-refractivity contribution in [1.29, 1.82) is 0 Å². The molecule has 0 aliphatic heterocycles. The number of imidazole rings is 1. The summed E-state index contributed by atoms with van der Waals surface area (Å²) in [6.45, 7) is 3.98. The first-order valence-corrected chi connectivity index (χ1v) is 6.08. The Balaban J connectivity index is 2.43. The van der Waals surface area contributed by atoms with Crippen LogP contribution in [0, 0.1) is 0 Å². The molecule has 0 radical (unpaired) electrons. The van der Waals surface area contributed by atoms with Crippen LogP contribution in [-0.4, -0.2) is 35.8 Å². The third-order valence-electron chi connectivity index (χ3n) is 3.11. The number of para-hydroxylation sites is 1. The van der Waals surface area contributed by atoms with Crippen LogP contribution in [0.25, 0.3) is 11.0 Å². The van der Waals surface area contributed by atoms with Crippen LogP contribution in [0.3, 0.4) is 0 Å². The third-order valence-corrected chi connectivity index (χ3v) is 3.11. The molecule has 5 heteroatoms. The lowest BCUT2D eigenvalue weighted by Gasteiger charge is -2.21. The van der Waals surface area contributed by atoms with Gasteiger partial charge < -0.3 is 14.5 Å². The van der Waals surface area contributed by atoms with Gasteiger partial charge in [-0.15, -0.1) is 0 Å². The van der Waals surface area contributed by atoms with Crippen molar-refractivity contribution in [2.75, 3.05) is 14.2 Å². The number of esters is 1. The molecule has 102 valence electrons. The van der Waals surface area contributed by atoms with Crippen LogP contribution in [-0.2, 0) is 15.9 Å². The summed E-state index contributed by atoms with van der Waals surface area (Å²) in [5.41, 5.74) is 1.62. The van der Waals surface area contributed by atoms with Crippen molar-refractivity contribution in [2.24, 2.45) is 0 Å². The lowest BCUT2D eigenvalue weighted by Crippen LogP contribution is -2.26. The fraction of sp³-hybridized carbons (Fsp3) is 0.429. The van der Waals surface area contributed by atoms with Crippen molar-refractivity contribution in [1.82, 2.24) is 9.97 Å². The summed E-state index contributed by atoms with van der Waals surface area (Å²) in [5.74, 6) is 0.410. The van der Waals surface area contributed by atoms with Gasteiger partial charge in [0, 0.05) is 13.5 Å². The van der Waals surface area contributed by atoms with E-state index in [1.807, 2.05) is 19.9 Å². The van der Waals surface area contributed by atoms with Gasteiger partial charge in [0.15, 0.2) is 0 Å². The molecule has 0 unspecified atom stereocenters. The molecule has 1 N–H and O–H groups in total. The maximum absolute atomic E-state index is 11.7. The highest BCUT2D eigenvalue weighted by Gasteiger charge is 2.21. The Labute approximate surface area is 111 Å². The van der Waals surface area contributed by atoms with E-state index in [-0.39, 0.29) is 11.6 Å². The minimum absolute atomic E-state index is 0.306. The summed E-state index contributed by atoms with van der Waals surface area (Å²) in [7, 11) is 3.03. The molecule has 2 aromatic rings. The maximum Gasteiger partial charge on any atom is 0.340 e. The summed E-state index contributed by atoms with van der Waals surface area (Å²) >= 11 is 0. The van der Waals surface area contributed by atoms with Gasteiger partial charge in [0.05, 0.1) is 23.8 Å². The normalized spacial score (nSPS) is 11.8. The molecule has 0 saturated carbocycles. The predicted octanol–water partition coefficient (Wildman–Crippen LogP) is 2.32. The van der Waals surface area contributed by atoms with Crippen LogP contribution >= 0.6 is 0 Å². The molecule has 1 aromatic heterocycles. The largest absolute Gasteiger partial charge is 0.465 e. The molecule has 0 saturated heterocycles. The van der Waals surface area contributed by atoms with E-state index in [0.717, 1.165) is 11.3 Å². The average molecular weight is 262 g/mol. The maximum atomic E-state index is 11.7. The first kappa shape index (κ1) is 13.5. The SMILES string of the molecule is COC(=O)c1cccc2[nH]c(CC(C)(C)OC)nc12. The predicted molar refractivity (Wildman–Crippen MR) is 72.2 cm³/mol. The molecular weight excluding hydrogens is 244 g/mol. The Morgan fingerprint density at radius 3 is 2.74 bits per heavy atom. The van der Waals surface area contributed by atoms with E-state index in [1.165, 1.54) is 7.11 Å². The number of ether oxygens (including phenoxy) is 2. The molecule has 0 bridgehead atoms. The number of hydrogen-bond donors (Lipinski definition) is 1. The first-order chi connectivity index (χ1) is 8.96. The van der Waals surface area contributed by atoms with E-state index in [4.69, 9.17) is 9.47 Å². The Morgan fingerprint density at radius 2 is 2.11 bits per heavy atom. The van der Waals surface area contributed by atoms with E-state index in [9.17, 15) is 4.79 Å². The first-order valence-electron chi connectivity index (χ1n) is 6.08. The number of carbonyl (C=O) groups excluding carboxylic acids is 1. The van der Waals surface area contributed by atoms with Gasteiger partial charge >= 0.3 is 5.97 Å². The number of rotatable bonds is 4. The zero-order valence-corrected chi connectivity index (χ0v) is 11.6. The zero-order chi connectivity index (χ0) is 14.0. The minimum atomic E-state index is -0.380. The Kier molecular flexibility index (Phi) is 3.57. The highest BCUT2D eigenvalue weighted by molar-refractivity contribution is 6.01. The zero-order valence-electron chi connectivity index (χ0n) is 11.6. The van der Waals surface area contributed by atoms with E-state index >= 15 is 0 Å².